The summed E-state index contributed by atoms with van der Waals surface area (Å²) < 4.78 is 5.51. The molecule has 18 heavy (non-hydrogen) atoms. The lowest BCUT2D eigenvalue weighted by atomic mass is 9.93. The summed E-state index contributed by atoms with van der Waals surface area (Å²) in [6.45, 7) is 6.48. The minimum absolute atomic E-state index is 0.0754. The minimum Gasteiger partial charge on any atom is -0.394 e. The second-order valence-corrected chi connectivity index (χ2v) is 4.75. The van der Waals surface area contributed by atoms with Crippen LogP contribution in [0.1, 0.15) is 32.3 Å². The summed E-state index contributed by atoms with van der Waals surface area (Å²) in [5, 5.41) is 12.9. The van der Waals surface area contributed by atoms with Gasteiger partial charge in [0.05, 0.1) is 18.8 Å². The second kappa shape index (κ2) is 8.25. The lowest BCUT2D eigenvalue weighted by molar-refractivity contribution is 0.114. The molecular weight excluding hydrogens is 226 g/mol. The molecule has 1 aromatic carbocycles. The first-order valence-electron chi connectivity index (χ1n) is 6.72. The average Bonchev–Trinajstić information content (AvgIpc) is 2.43. The minimum atomic E-state index is -0.393. The van der Waals surface area contributed by atoms with Crippen molar-refractivity contribution in [1.29, 1.82) is 0 Å². The number of nitrogens with one attached hydrogen (secondary N) is 1. The molecule has 0 heterocycles. The van der Waals surface area contributed by atoms with Crippen LogP contribution >= 0.6 is 0 Å². The van der Waals surface area contributed by atoms with E-state index in [0.717, 1.165) is 31.6 Å². The number of benzene rings is 1. The van der Waals surface area contributed by atoms with Gasteiger partial charge in [0.2, 0.25) is 0 Å². The molecule has 1 aromatic rings. The Morgan fingerprint density at radius 2 is 1.94 bits per heavy atom. The van der Waals surface area contributed by atoms with Crippen molar-refractivity contribution in [3.63, 3.8) is 0 Å². The molecule has 0 radical (unpaired) electrons. The molecule has 0 aliphatic carbocycles. The van der Waals surface area contributed by atoms with Crippen LogP contribution in [0.5, 0.6) is 0 Å². The number of ether oxygens (including phenoxy) is 1. The van der Waals surface area contributed by atoms with Gasteiger partial charge in [-0.15, -0.1) is 0 Å². The zero-order valence-corrected chi connectivity index (χ0v) is 11.5. The largest absolute Gasteiger partial charge is 0.394 e. The van der Waals surface area contributed by atoms with Gasteiger partial charge in [0.15, 0.2) is 0 Å². The Labute approximate surface area is 110 Å². The molecule has 0 spiro atoms. The van der Waals surface area contributed by atoms with E-state index < -0.39 is 5.54 Å². The molecule has 0 saturated heterocycles. The van der Waals surface area contributed by atoms with Gasteiger partial charge < -0.3 is 15.2 Å². The standard InChI is InChI=1S/C15H25NO2/c1-3-4-11-18-12-10-16-15(2,13-17)14-8-6-5-7-9-14/h5-9,16-17H,3-4,10-13H2,1-2H3. The predicted octanol–water partition coefficient (Wildman–Crippen LogP) is 2.30. The lowest BCUT2D eigenvalue weighted by Gasteiger charge is -2.29. The van der Waals surface area contributed by atoms with Crippen LogP contribution in [0.3, 0.4) is 0 Å². The van der Waals surface area contributed by atoms with Crippen LogP contribution in [0.4, 0.5) is 0 Å². The fraction of sp³-hybridized carbons (Fsp3) is 0.600. The van der Waals surface area contributed by atoms with E-state index in [1.807, 2.05) is 37.3 Å². The second-order valence-electron chi connectivity index (χ2n) is 4.75. The molecule has 0 fully saturated rings. The van der Waals surface area contributed by atoms with Gasteiger partial charge in [0, 0.05) is 13.2 Å². The number of rotatable bonds is 9. The Bertz CT molecular complexity index is 316. The molecule has 0 saturated carbocycles. The van der Waals surface area contributed by atoms with Crippen molar-refractivity contribution in [2.45, 2.75) is 32.2 Å². The number of hydrogen-bond acceptors (Lipinski definition) is 3. The molecule has 0 aliphatic rings. The Hall–Kier alpha value is -0.900. The van der Waals surface area contributed by atoms with Crippen LogP contribution in [-0.4, -0.2) is 31.5 Å². The van der Waals surface area contributed by atoms with Gasteiger partial charge in [0.25, 0.3) is 0 Å². The van der Waals surface area contributed by atoms with E-state index in [0.29, 0.717) is 6.61 Å². The maximum atomic E-state index is 9.58. The Morgan fingerprint density at radius 1 is 1.22 bits per heavy atom. The van der Waals surface area contributed by atoms with E-state index in [-0.39, 0.29) is 6.61 Å². The predicted molar refractivity (Wildman–Crippen MR) is 74.6 cm³/mol. The summed E-state index contributed by atoms with van der Waals surface area (Å²) >= 11 is 0. The summed E-state index contributed by atoms with van der Waals surface area (Å²) in [6.07, 6.45) is 2.27. The fourth-order valence-corrected chi connectivity index (χ4v) is 1.80. The smallest absolute Gasteiger partial charge is 0.0652 e. The van der Waals surface area contributed by atoms with E-state index >= 15 is 0 Å². The molecule has 3 nitrogen and oxygen atoms in total. The van der Waals surface area contributed by atoms with Crippen LogP contribution < -0.4 is 5.32 Å². The highest BCUT2D eigenvalue weighted by molar-refractivity contribution is 5.23. The Kier molecular flexibility index (Phi) is 6.94. The van der Waals surface area contributed by atoms with Crippen molar-refractivity contribution >= 4 is 0 Å². The summed E-state index contributed by atoms with van der Waals surface area (Å²) in [6, 6.07) is 10.0. The molecule has 0 aromatic heterocycles. The van der Waals surface area contributed by atoms with Crippen LogP contribution in [0.2, 0.25) is 0 Å². The van der Waals surface area contributed by atoms with Crippen molar-refractivity contribution in [3.8, 4) is 0 Å². The summed E-state index contributed by atoms with van der Waals surface area (Å²) in [7, 11) is 0. The van der Waals surface area contributed by atoms with Gasteiger partial charge in [-0.3, -0.25) is 0 Å². The van der Waals surface area contributed by atoms with E-state index in [9.17, 15) is 5.11 Å². The highest BCUT2D eigenvalue weighted by Crippen LogP contribution is 2.19. The van der Waals surface area contributed by atoms with E-state index in [4.69, 9.17) is 4.74 Å². The van der Waals surface area contributed by atoms with Gasteiger partial charge in [-0.25, -0.2) is 0 Å². The zero-order valence-electron chi connectivity index (χ0n) is 11.5. The molecule has 1 unspecified atom stereocenters. The molecule has 0 bridgehead atoms. The molecule has 102 valence electrons. The average molecular weight is 251 g/mol. The van der Waals surface area contributed by atoms with E-state index in [2.05, 4.69) is 12.2 Å². The maximum absolute atomic E-state index is 9.58. The zero-order chi connectivity index (χ0) is 13.3. The summed E-state index contributed by atoms with van der Waals surface area (Å²) in [5.74, 6) is 0. The summed E-state index contributed by atoms with van der Waals surface area (Å²) in [4.78, 5) is 0. The van der Waals surface area contributed by atoms with Gasteiger partial charge in [-0.2, -0.15) is 0 Å². The molecule has 2 N–H and O–H groups in total. The topological polar surface area (TPSA) is 41.5 Å². The molecule has 3 heteroatoms. The van der Waals surface area contributed by atoms with E-state index in [1.54, 1.807) is 0 Å². The highest BCUT2D eigenvalue weighted by Gasteiger charge is 2.24. The molecule has 1 atom stereocenters. The number of aliphatic hydroxyl groups is 1. The van der Waals surface area contributed by atoms with Crippen molar-refractivity contribution in [2.75, 3.05) is 26.4 Å². The molecule has 0 aliphatic heterocycles. The van der Waals surface area contributed by atoms with Crippen molar-refractivity contribution < 1.29 is 9.84 Å². The van der Waals surface area contributed by atoms with Crippen molar-refractivity contribution in [2.24, 2.45) is 0 Å². The number of aliphatic hydroxyl groups excluding tert-OH is 1. The van der Waals surface area contributed by atoms with Gasteiger partial charge >= 0.3 is 0 Å². The third-order valence-electron chi connectivity index (χ3n) is 3.13. The maximum Gasteiger partial charge on any atom is 0.0652 e. The fourth-order valence-electron chi connectivity index (χ4n) is 1.80. The number of unbranched alkanes of at least 4 members (excludes halogenated alkanes) is 1. The Balaban J connectivity index is 2.37. The van der Waals surface area contributed by atoms with Gasteiger partial charge in [-0.1, -0.05) is 43.7 Å². The van der Waals surface area contributed by atoms with Crippen molar-refractivity contribution in [3.05, 3.63) is 35.9 Å². The van der Waals surface area contributed by atoms with Crippen LogP contribution in [-0.2, 0) is 10.3 Å². The SMILES string of the molecule is CCCCOCCNC(C)(CO)c1ccccc1. The molecule has 0 amide bonds. The molecular formula is C15H25NO2. The van der Waals surface area contributed by atoms with Crippen LogP contribution in [0, 0.1) is 0 Å². The van der Waals surface area contributed by atoms with Crippen molar-refractivity contribution in [1.82, 2.24) is 5.32 Å². The Morgan fingerprint density at radius 3 is 2.56 bits per heavy atom. The first-order chi connectivity index (χ1) is 8.73. The normalized spacial score (nSPS) is 14.4. The van der Waals surface area contributed by atoms with Gasteiger partial charge in [0.1, 0.15) is 0 Å². The summed E-state index contributed by atoms with van der Waals surface area (Å²) in [5.41, 5.74) is 0.705. The van der Waals surface area contributed by atoms with Crippen LogP contribution in [0.15, 0.2) is 30.3 Å². The third-order valence-corrected chi connectivity index (χ3v) is 3.13. The quantitative estimate of drug-likeness (QED) is 0.662. The molecule has 1 rings (SSSR count). The van der Waals surface area contributed by atoms with Crippen LogP contribution in [0.25, 0.3) is 0 Å². The third kappa shape index (κ3) is 4.77. The number of hydrogen-bond donors (Lipinski definition) is 2. The van der Waals surface area contributed by atoms with E-state index in [1.165, 1.54) is 0 Å². The monoisotopic (exact) mass is 251 g/mol. The first kappa shape index (κ1) is 15.2. The first-order valence-corrected chi connectivity index (χ1v) is 6.72. The lowest BCUT2D eigenvalue weighted by Crippen LogP contribution is -2.44. The highest BCUT2D eigenvalue weighted by atomic mass is 16.5. The van der Waals surface area contributed by atoms with Gasteiger partial charge in [-0.05, 0) is 18.9 Å².